The second kappa shape index (κ2) is 7.69. The summed E-state index contributed by atoms with van der Waals surface area (Å²) < 4.78 is 2.15. The largest absolute Gasteiger partial charge is 0.331 e. The maximum Gasteiger partial charge on any atom is 0.255 e. The van der Waals surface area contributed by atoms with E-state index in [9.17, 15) is 4.79 Å². The molecule has 0 aliphatic heterocycles. The van der Waals surface area contributed by atoms with Crippen molar-refractivity contribution in [3.05, 3.63) is 95.3 Å². The molecule has 0 saturated carbocycles. The molecule has 1 amide bonds. The normalized spacial score (nSPS) is 10.9. The molecule has 28 heavy (non-hydrogen) atoms. The molecule has 1 N–H and O–H groups in total. The minimum absolute atomic E-state index is 0.0903. The lowest BCUT2D eigenvalue weighted by Crippen LogP contribution is -2.12. The number of nitrogens with one attached hydrogen (secondary N) is 1. The van der Waals surface area contributed by atoms with Gasteiger partial charge in [-0.25, -0.2) is 4.98 Å². The zero-order chi connectivity index (χ0) is 19.5. The number of hydrogen-bond acceptors (Lipinski definition) is 2. The third-order valence-electron chi connectivity index (χ3n) is 5.02. The van der Waals surface area contributed by atoms with Gasteiger partial charge < -0.3 is 9.88 Å². The number of para-hydroxylation sites is 2. The lowest BCUT2D eigenvalue weighted by Gasteiger charge is -2.08. The molecule has 4 rings (SSSR count). The lowest BCUT2D eigenvalue weighted by atomic mass is 10.1. The third-order valence-corrected chi connectivity index (χ3v) is 5.02. The van der Waals surface area contributed by atoms with Gasteiger partial charge in [0.05, 0.1) is 11.0 Å². The Hall–Kier alpha value is -3.40. The number of benzene rings is 3. The van der Waals surface area contributed by atoms with E-state index in [1.165, 1.54) is 5.56 Å². The van der Waals surface area contributed by atoms with Crippen molar-refractivity contribution in [1.29, 1.82) is 0 Å². The smallest absolute Gasteiger partial charge is 0.255 e. The zero-order valence-corrected chi connectivity index (χ0v) is 16.1. The first-order valence-electron chi connectivity index (χ1n) is 9.47. The maximum absolute atomic E-state index is 12.4. The van der Waals surface area contributed by atoms with Crippen molar-refractivity contribution >= 4 is 22.6 Å². The van der Waals surface area contributed by atoms with E-state index in [4.69, 9.17) is 4.98 Å². The molecule has 0 spiro atoms. The summed E-state index contributed by atoms with van der Waals surface area (Å²) in [6.45, 7) is 2.01. The molecular weight excluding hydrogens is 346 g/mol. The molecule has 0 unspecified atom stereocenters. The third kappa shape index (κ3) is 3.81. The summed E-state index contributed by atoms with van der Waals surface area (Å²) in [5.74, 6) is 0.975. The summed E-state index contributed by atoms with van der Waals surface area (Å²) in [5, 5.41) is 2.99. The van der Waals surface area contributed by atoms with Gasteiger partial charge in [-0.3, -0.25) is 4.79 Å². The molecule has 1 heterocycles. The van der Waals surface area contributed by atoms with Crippen LogP contribution in [0.5, 0.6) is 0 Å². The second-order valence-corrected chi connectivity index (χ2v) is 7.10. The number of anilines is 1. The van der Waals surface area contributed by atoms with Crippen LogP contribution in [0.25, 0.3) is 11.0 Å². The highest BCUT2D eigenvalue weighted by Gasteiger charge is 2.09. The molecule has 0 bridgehead atoms. The minimum atomic E-state index is -0.0903. The molecule has 0 fully saturated rings. The fourth-order valence-electron chi connectivity index (χ4n) is 3.39. The van der Waals surface area contributed by atoms with Crippen LogP contribution < -0.4 is 5.32 Å². The average molecular weight is 369 g/mol. The number of imidazole rings is 1. The van der Waals surface area contributed by atoms with Gasteiger partial charge in [-0.05, 0) is 55.3 Å². The van der Waals surface area contributed by atoms with E-state index in [1.807, 2.05) is 67.6 Å². The monoisotopic (exact) mass is 369 g/mol. The van der Waals surface area contributed by atoms with Gasteiger partial charge in [0, 0.05) is 24.7 Å². The highest BCUT2D eigenvalue weighted by Crippen LogP contribution is 2.18. The first-order valence-corrected chi connectivity index (χ1v) is 9.47. The fourth-order valence-corrected chi connectivity index (χ4v) is 3.39. The van der Waals surface area contributed by atoms with Crippen molar-refractivity contribution in [3.8, 4) is 0 Å². The molecule has 1 aromatic heterocycles. The Kier molecular flexibility index (Phi) is 4.94. The van der Waals surface area contributed by atoms with Gasteiger partial charge in [0.2, 0.25) is 0 Å². The molecule has 0 radical (unpaired) electrons. The molecule has 4 heteroatoms. The number of carbonyl (C=O) groups is 1. The Bertz CT molecular complexity index is 1130. The molecule has 3 aromatic carbocycles. The minimum Gasteiger partial charge on any atom is -0.331 e. The van der Waals surface area contributed by atoms with Crippen LogP contribution in [0.3, 0.4) is 0 Å². The van der Waals surface area contributed by atoms with Gasteiger partial charge >= 0.3 is 0 Å². The highest BCUT2D eigenvalue weighted by atomic mass is 16.1. The van der Waals surface area contributed by atoms with Crippen LogP contribution in [-0.4, -0.2) is 15.5 Å². The van der Waals surface area contributed by atoms with E-state index in [1.54, 1.807) is 0 Å². The van der Waals surface area contributed by atoms with Gasteiger partial charge in [0.25, 0.3) is 5.91 Å². The molecule has 4 aromatic rings. The van der Waals surface area contributed by atoms with Gasteiger partial charge in [-0.15, -0.1) is 0 Å². The van der Waals surface area contributed by atoms with Crippen molar-refractivity contribution < 1.29 is 4.79 Å². The van der Waals surface area contributed by atoms with Crippen molar-refractivity contribution in [1.82, 2.24) is 9.55 Å². The van der Waals surface area contributed by atoms with Crippen LogP contribution in [0.2, 0.25) is 0 Å². The Balaban J connectivity index is 1.45. The number of aryl methyl sites for hydroxylation is 4. The summed E-state index contributed by atoms with van der Waals surface area (Å²) in [6.07, 6.45) is 1.71. The predicted molar refractivity (Wildman–Crippen MR) is 114 cm³/mol. The zero-order valence-electron chi connectivity index (χ0n) is 16.1. The number of rotatable bonds is 5. The molecule has 0 aliphatic carbocycles. The first-order chi connectivity index (χ1) is 13.6. The van der Waals surface area contributed by atoms with Crippen LogP contribution in [-0.2, 0) is 19.9 Å². The van der Waals surface area contributed by atoms with Crippen molar-refractivity contribution in [3.63, 3.8) is 0 Å². The topological polar surface area (TPSA) is 46.9 Å². The molecule has 4 nitrogen and oxygen atoms in total. The first kappa shape index (κ1) is 18.0. The van der Waals surface area contributed by atoms with Crippen LogP contribution in [0.15, 0.2) is 72.8 Å². The standard InChI is InChI=1S/C24H23N3O/c1-17-10-13-19(14-11-17)24(28)25-20-7-5-6-18(16-20)12-15-23-26-21-8-3-4-9-22(21)27(23)2/h3-11,13-14,16H,12,15H2,1-2H3,(H,25,28). The molecule has 0 atom stereocenters. The summed E-state index contributed by atoms with van der Waals surface area (Å²) >= 11 is 0. The van der Waals surface area contributed by atoms with Crippen LogP contribution >= 0.6 is 0 Å². The summed E-state index contributed by atoms with van der Waals surface area (Å²) in [7, 11) is 2.06. The maximum atomic E-state index is 12.4. The van der Waals surface area contributed by atoms with Crippen molar-refractivity contribution in [2.24, 2.45) is 7.05 Å². The number of fused-ring (bicyclic) bond motifs is 1. The predicted octanol–water partition coefficient (Wildman–Crippen LogP) is 4.92. The van der Waals surface area contributed by atoms with E-state index in [0.717, 1.165) is 41.0 Å². The van der Waals surface area contributed by atoms with E-state index in [2.05, 4.69) is 29.1 Å². The molecule has 140 valence electrons. The van der Waals surface area contributed by atoms with E-state index >= 15 is 0 Å². The Morgan fingerprint density at radius 3 is 2.54 bits per heavy atom. The number of carbonyl (C=O) groups excluding carboxylic acids is 1. The number of amides is 1. The van der Waals surface area contributed by atoms with E-state index < -0.39 is 0 Å². The average Bonchev–Trinajstić information content (AvgIpc) is 3.03. The van der Waals surface area contributed by atoms with Gasteiger partial charge in [-0.2, -0.15) is 0 Å². The number of aromatic nitrogens is 2. The van der Waals surface area contributed by atoms with Gasteiger partial charge in [-0.1, -0.05) is 42.0 Å². The summed E-state index contributed by atoms with van der Waals surface area (Å²) in [6, 6.07) is 23.8. The quantitative estimate of drug-likeness (QED) is 0.543. The Morgan fingerprint density at radius 1 is 0.964 bits per heavy atom. The van der Waals surface area contributed by atoms with Crippen LogP contribution in [0.4, 0.5) is 5.69 Å². The Morgan fingerprint density at radius 2 is 1.75 bits per heavy atom. The number of hydrogen-bond donors (Lipinski definition) is 1. The lowest BCUT2D eigenvalue weighted by molar-refractivity contribution is 0.102. The summed E-state index contributed by atoms with van der Waals surface area (Å²) in [4.78, 5) is 17.2. The number of nitrogens with zero attached hydrogens (tertiary/aromatic N) is 2. The van der Waals surface area contributed by atoms with Crippen molar-refractivity contribution in [2.75, 3.05) is 5.32 Å². The van der Waals surface area contributed by atoms with Crippen molar-refractivity contribution in [2.45, 2.75) is 19.8 Å². The molecule has 0 aliphatic rings. The van der Waals surface area contributed by atoms with E-state index in [-0.39, 0.29) is 5.91 Å². The van der Waals surface area contributed by atoms with Gasteiger partial charge in [0.15, 0.2) is 0 Å². The molecular formula is C24H23N3O. The fraction of sp³-hybridized carbons (Fsp3) is 0.167. The SMILES string of the molecule is Cc1ccc(C(=O)Nc2cccc(CCc3nc4ccccc4n3C)c2)cc1. The van der Waals surface area contributed by atoms with Crippen LogP contribution in [0, 0.1) is 6.92 Å². The van der Waals surface area contributed by atoms with E-state index in [0.29, 0.717) is 5.56 Å². The molecule has 0 saturated heterocycles. The summed E-state index contributed by atoms with van der Waals surface area (Å²) in [5.41, 5.74) is 5.97. The second-order valence-electron chi connectivity index (χ2n) is 7.10. The highest BCUT2D eigenvalue weighted by molar-refractivity contribution is 6.04. The Labute approximate surface area is 164 Å². The van der Waals surface area contributed by atoms with Gasteiger partial charge in [0.1, 0.15) is 5.82 Å². The van der Waals surface area contributed by atoms with Crippen LogP contribution in [0.1, 0.15) is 27.3 Å².